The number of likely N-dealkylation sites (N-methyl/N-ethyl adjacent to an activating group) is 1. The van der Waals surface area contributed by atoms with Gasteiger partial charge in [-0.3, -0.25) is 4.90 Å². The summed E-state index contributed by atoms with van der Waals surface area (Å²) in [4.78, 5) is 2.39. The molecule has 0 aliphatic carbocycles. The van der Waals surface area contributed by atoms with E-state index in [0.717, 1.165) is 12.3 Å². The molecule has 3 rings (SSSR count). The third kappa shape index (κ3) is 3.44. The standard InChI is InChI=1S/C22H30N2O/c1-22(2,3)16-8-11-18-19(12-16)21(13-23)24(4)14-20(18)15-6-9-17(25-5)10-7-15/h6-12,20-21H,13-14,23H2,1-5H3. The van der Waals surface area contributed by atoms with Crippen molar-refractivity contribution in [2.75, 3.05) is 27.2 Å². The molecule has 1 aliphatic rings. The van der Waals surface area contributed by atoms with Gasteiger partial charge >= 0.3 is 0 Å². The highest BCUT2D eigenvalue weighted by molar-refractivity contribution is 5.46. The van der Waals surface area contributed by atoms with Gasteiger partial charge in [0.2, 0.25) is 0 Å². The van der Waals surface area contributed by atoms with E-state index in [1.807, 2.05) is 12.1 Å². The third-order valence-electron chi connectivity index (χ3n) is 5.43. The van der Waals surface area contributed by atoms with E-state index in [-0.39, 0.29) is 11.5 Å². The second-order valence-corrected chi connectivity index (χ2v) is 8.11. The van der Waals surface area contributed by atoms with Gasteiger partial charge in [0, 0.05) is 25.0 Å². The Morgan fingerprint density at radius 2 is 1.76 bits per heavy atom. The fourth-order valence-corrected chi connectivity index (χ4v) is 3.83. The summed E-state index contributed by atoms with van der Waals surface area (Å²) in [5.41, 5.74) is 11.8. The first-order valence-corrected chi connectivity index (χ1v) is 9.03. The highest BCUT2D eigenvalue weighted by Gasteiger charge is 2.32. The van der Waals surface area contributed by atoms with Gasteiger partial charge in [-0.25, -0.2) is 0 Å². The highest BCUT2D eigenvalue weighted by Crippen LogP contribution is 2.40. The monoisotopic (exact) mass is 338 g/mol. The second-order valence-electron chi connectivity index (χ2n) is 8.11. The number of hydrogen-bond acceptors (Lipinski definition) is 3. The molecule has 0 aromatic heterocycles. The van der Waals surface area contributed by atoms with Crippen LogP contribution in [0.5, 0.6) is 5.75 Å². The van der Waals surface area contributed by atoms with Gasteiger partial charge < -0.3 is 10.5 Å². The first-order chi connectivity index (χ1) is 11.8. The normalized spacial score (nSPS) is 21.0. The lowest BCUT2D eigenvalue weighted by Crippen LogP contribution is -2.39. The number of ether oxygens (including phenoxy) is 1. The molecule has 3 heteroatoms. The molecule has 134 valence electrons. The number of nitrogens with two attached hydrogens (primary N) is 1. The number of rotatable bonds is 3. The van der Waals surface area contributed by atoms with Gasteiger partial charge in [-0.15, -0.1) is 0 Å². The van der Waals surface area contributed by atoms with E-state index >= 15 is 0 Å². The van der Waals surface area contributed by atoms with Gasteiger partial charge in [0.05, 0.1) is 7.11 Å². The Kier molecular flexibility index (Phi) is 4.90. The van der Waals surface area contributed by atoms with Crippen molar-refractivity contribution in [3.05, 3.63) is 64.7 Å². The van der Waals surface area contributed by atoms with Crippen LogP contribution in [0, 0.1) is 0 Å². The molecule has 1 heterocycles. The molecule has 0 amide bonds. The van der Waals surface area contributed by atoms with E-state index < -0.39 is 0 Å². The van der Waals surface area contributed by atoms with E-state index in [4.69, 9.17) is 10.5 Å². The topological polar surface area (TPSA) is 38.5 Å². The summed E-state index contributed by atoms with van der Waals surface area (Å²) >= 11 is 0. The predicted octanol–water partition coefficient (Wildman–Crippen LogP) is 4.07. The van der Waals surface area contributed by atoms with Crippen LogP contribution in [0.15, 0.2) is 42.5 Å². The molecule has 0 radical (unpaired) electrons. The number of fused-ring (bicyclic) bond motifs is 1. The van der Waals surface area contributed by atoms with Crippen molar-refractivity contribution < 1.29 is 4.74 Å². The first-order valence-electron chi connectivity index (χ1n) is 9.03. The Morgan fingerprint density at radius 1 is 1.08 bits per heavy atom. The first kappa shape index (κ1) is 18.0. The van der Waals surface area contributed by atoms with Crippen molar-refractivity contribution in [3.63, 3.8) is 0 Å². The molecule has 2 unspecified atom stereocenters. The maximum Gasteiger partial charge on any atom is 0.118 e. The Labute approximate surface area is 151 Å². The Morgan fingerprint density at radius 3 is 2.32 bits per heavy atom. The SMILES string of the molecule is COc1ccc(C2CN(C)C(CN)c3cc(C(C)(C)C)ccc32)cc1. The summed E-state index contributed by atoms with van der Waals surface area (Å²) in [6, 6.07) is 15.7. The molecule has 2 aromatic carbocycles. The predicted molar refractivity (Wildman–Crippen MR) is 104 cm³/mol. The molecule has 2 N–H and O–H groups in total. The van der Waals surface area contributed by atoms with Crippen molar-refractivity contribution in [2.24, 2.45) is 5.73 Å². The summed E-state index contributed by atoms with van der Waals surface area (Å²) in [6.07, 6.45) is 0. The van der Waals surface area contributed by atoms with Gasteiger partial charge in [-0.1, -0.05) is 51.1 Å². The Bertz CT molecular complexity index is 731. The van der Waals surface area contributed by atoms with Gasteiger partial charge in [0.1, 0.15) is 5.75 Å². The summed E-state index contributed by atoms with van der Waals surface area (Å²) in [6.45, 7) is 8.42. The number of methoxy groups -OCH3 is 1. The zero-order valence-electron chi connectivity index (χ0n) is 16.0. The van der Waals surface area contributed by atoms with Crippen LogP contribution >= 0.6 is 0 Å². The van der Waals surface area contributed by atoms with Crippen molar-refractivity contribution in [2.45, 2.75) is 38.1 Å². The maximum absolute atomic E-state index is 6.13. The molecule has 2 atom stereocenters. The van der Waals surface area contributed by atoms with Crippen LogP contribution in [0.25, 0.3) is 0 Å². The van der Waals surface area contributed by atoms with Crippen molar-refractivity contribution in [1.82, 2.24) is 4.90 Å². The molecular formula is C22H30N2O. The molecular weight excluding hydrogens is 308 g/mol. The quantitative estimate of drug-likeness (QED) is 0.917. The van der Waals surface area contributed by atoms with Gasteiger partial charge in [-0.05, 0) is 46.8 Å². The van der Waals surface area contributed by atoms with E-state index in [1.165, 1.54) is 22.3 Å². The van der Waals surface area contributed by atoms with Gasteiger partial charge in [0.15, 0.2) is 0 Å². The largest absolute Gasteiger partial charge is 0.497 e. The van der Waals surface area contributed by atoms with Gasteiger partial charge in [-0.2, -0.15) is 0 Å². The van der Waals surface area contributed by atoms with Gasteiger partial charge in [0.25, 0.3) is 0 Å². The van der Waals surface area contributed by atoms with E-state index in [2.05, 4.69) is 63.1 Å². The molecule has 0 saturated carbocycles. The summed E-state index contributed by atoms with van der Waals surface area (Å²) in [5.74, 6) is 1.26. The molecule has 0 fully saturated rings. The minimum Gasteiger partial charge on any atom is -0.497 e. The zero-order chi connectivity index (χ0) is 18.2. The van der Waals surface area contributed by atoms with Crippen LogP contribution in [-0.2, 0) is 5.41 Å². The molecule has 0 saturated heterocycles. The fraction of sp³-hybridized carbons (Fsp3) is 0.455. The van der Waals surface area contributed by atoms with E-state index in [9.17, 15) is 0 Å². The highest BCUT2D eigenvalue weighted by atomic mass is 16.5. The average molecular weight is 338 g/mol. The lowest BCUT2D eigenvalue weighted by atomic mass is 9.77. The van der Waals surface area contributed by atoms with Crippen molar-refractivity contribution in [3.8, 4) is 5.75 Å². The average Bonchev–Trinajstić information content (AvgIpc) is 2.60. The van der Waals surface area contributed by atoms with Crippen LogP contribution in [0.4, 0.5) is 0 Å². The lowest BCUT2D eigenvalue weighted by Gasteiger charge is -2.40. The minimum absolute atomic E-state index is 0.139. The van der Waals surface area contributed by atoms with Crippen LogP contribution in [0.3, 0.4) is 0 Å². The second kappa shape index (κ2) is 6.81. The fourth-order valence-electron chi connectivity index (χ4n) is 3.83. The Hall–Kier alpha value is -1.84. The molecule has 1 aliphatic heterocycles. The maximum atomic E-state index is 6.13. The van der Waals surface area contributed by atoms with E-state index in [1.54, 1.807) is 7.11 Å². The summed E-state index contributed by atoms with van der Waals surface area (Å²) in [5, 5.41) is 0. The Balaban J connectivity index is 2.08. The molecule has 2 aromatic rings. The van der Waals surface area contributed by atoms with Crippen LogP contribution < -0.4 is 10.5 Å². The summed E-state index contributed by atoms with van der Waals surface area (Å²) < 4.78 is 5.31. The molecule has 3 nitrogen and oxygen atoms in total. The van der Waals surface area contributed by atoms with Crippen LogP contribution in [0.1, 0.15) is 55.0 Å². The molecule has 25 heavy (non-hydrogen) atoms. The van der Waals surface area contributed by atoms with Crippen LogP contribution in [-0.4, -0.2) is 32.1 Å². The molecule has 0 bridgehead atoms. The van der Waals surface area contributed by atoms with Crippen molar-refractivity contribution in [1.29, 1.82) is 0 Å². The summed E-state index contributed by atoms with van der Waals surface area (Å²) in [7, 11) is 3.89. The third-order valence-corrected chi connectivity index (χ3v) is 5.43. The van der Waals surface area contributed by atoms with Crippen molar-refractivity contribution >= 4 is 0 Å². The number of nitrogens with zero attached hydrogens (tertiary/aromatic N) is 1. The number of hydrogen-bond donors (Lipinski definition) is 1. The zero-order valence-corrected chi connectivity index (χ0v) is 16.0. The lowest BCUT2D eigenvalue weighted by molar-refractivity contribution is 0.223. The van der Waals surface area contributed by atoms with E-state index in [0.29, 0.717) is 12.5 Å². The smallest absolute Gasteiger partial charge is 0.118 e. The molecule has 0 spiro atoms. The number of benzene rings is 2. The minimum atomic E-state index is 0.139. The van der Waals surface area contributed by atoms with Crippen LogP contribution in [0.2, 0.25) is 0 Å².